The normalized spacial score (nSPS) is 11.9. The summed E-state index contributed by atoms with van der Waals surface area (Å²) in [7, 11) is 1.66. The van der Waals surface area contributed by atoms with E-state index in [-0.39, 0.29) is 5.91 Å². The van der Waals surface area contributed by atoms with E-state index in [1.807, 2.05) is 0 Å². The average Bonchev–Trinajstić information content (AvgIpc) is 2.64. The van der Waals surface area contributed by atoms with E-state index in [0.717, 1.165) is 0 Å². The minimum Gasteiger partial charge on any atom is -0.464 e. The van der Waals surface area contributed by atoms with Gasteiger partial charge in [-0.3, -0.25) is 9.48 Å². The highest BCUT2D eigenvalue weighted by molar-refractivity contribution is 5.95. The van der Waals surface area contributed by atoms with Gasteiger partial charge in [-0.2, -0.15) is 5.10 Å². The zero-order valence-electron chi connectivity index (χ0n) is 9.56. The third-order valence-electron chi connectivity index (χ3n) is 2.04. The SMILES string of the molecule is CCOC(=O)C(C)NC(=O)c1ccnn1C. The summed E-state index contributed by atoms with van der Waals surface area (Å²) in [5, 5.41) is 6.40. The molecule has 6 heteroatoms. The molecule has 0 radical (unpaired) electrons. The van der Waals surface area contributed by atoms with E-state index in [0.29, 0.717) is 12.3 Å². The molecule has 0 saturated heterocycles. The van der Waals surface area contributed by atoms with E-state index in [2.05, 4.69) is 10.4 Å². The van der Waals surface area contributed by atoms with Crippen LogP contribution in [0.15, 0.2) is 12.3 Å². The van der Waals surface area contributed by atoms with Crippen molar-refractivity contribution in [3.63, 3.8) is 0 Å². The number of carbonyl (C=O) groups excluding carboxylic acids is 2. The number of rotatable bonds is 4. The fourth-order valence-corrected chi connectivity index (χ4v) is 1.19. The van der Waals surface area contributed by atoms with Crippen molar-refractivity contribution in [3.8, 4) is 0 Å². The van der Waals surface area contributed by atoms with Gasteiger partial charge in [0.2, 0.25) is 0 Å². The number of ether oxygens (including phenoxy) is 1. The molecular formula is C10H15N3O3. The van der Waals surface area contributed by atoms with Crippen LogP contribution in [0.4, 0.5) is 0 Å². The smallest absolute Gasteiger partial charge is 0.328 e. The van der Waals surface area contributed by atoms with Gasteiger partial charge in [0.05, 0.1) is 6.61 Å². The minimum absolute atomic E-state index is 0.296. The summed E-state index contributed by atoms with van der Waals surface area (Å²) in [5.41, 5.74) is 0.399. The molecule has 0 aliphatic rings. The number of carbonyl (C=O) groups is 2. The molecule has 1 atom stereocenters. The number of aromatic nitrogens is 2. The first-order valence-electron chi connectivity index (χ1n) is 5.01. The second-order valence-electron chi connectivity index (χ2n) is 3.29. The first kappa shape index (κ1) is 12.2. The van der Waals surface area contributed by atoms with E-state index in [1.165, 1.54) is 10.9 Å². The topological polar surface area (TPSA) is 73.2 Å². The van der Waals surface area contributed by atoms with Gasteiger partial charge in [-0.15, -0.1) is 0 Å². The van der Waals surface area contributed by atoms with E-state index in [1.54, 1.807) is 27.0 Å². The summed E-state index contributed by atoms with van der Waals surface area (Å²) in [5.74, 6) is -0.793. The minimum atomic E-state index is -0.664. The largest absolute Gasteiger partial charge is 0.464 e. The van der Waals surface area contributed by atoms with Gasteiger partial charge in [-0.1, -0.05) is 0 Å². The van der Waals surface area contributed by atoms with Crippen molar-refractivity contribution in [3.05, 3.63) is 18.0 Å². The quantitative estimate of drug-likeness (QED) is 0.738. The summed E-state index contributed by atoms with van der Waals surface area (Å²) in [6.45, 7) is 3.59. The Hall–Kier alpha value is -1.85. The van der Waals surface area contributed by atoms with Crippen LogP contribution < -0.4 is 5.32 Å². The van der Waals surface area contributed by atoms with Gasteiger partial charge < -0.3 is 10.1 Å². The van der Waals surface area contributed by atoms with Crippen LogP contribution in [0.1, 0.15) is 24.3 Å². The zero-order valence-corrected chi connectivity index (χ0v) is 9.56. The fraction of sp³-hybridized carbons (Fsp3) is 0.500. The number of nitrogens with one attached hydrogen (secondary N) is 1. The molecule has 1 N–H and O–H groups in total. The molecule has 1 unspecified atom stereocenters. The first-order valence-corrected chi connectivity index (χ1v) is 5.01. The average molecular weight is 225 g/mol. The van der Waals surface area contributed by atoms with Gasteiger partial charge in [0.1, 0.15) is 11.7 Å². The van der Waals surface area contributed by atoms with E-state index in [9.17, 15) is 9.59 Å². The Bertz CT molecular complexity index is 386. The molecule has 0 bridgehead atoms. The van der Waals surface area contributed by atoms with Gasteiger partial charge in [0.15, 0.2) is 0 Å². The van der Waals surface area contributed by atoms with E-state index < -0.39 is 12.0 Å². The van der Waals surface area contributed by atoms with E-state index >= 15 is 0 Å². The van der Waals surface area contributed by atoms with Gasteiger partial charge in [-0.05, 0) is 19.9 Å². The van der Waals surface area contributed by atoms with Crippen molar-refractivity contribution in [2.75, 3.05) is 6.61 Å². The highest BCUT2D eigenvalue weighted by Crippen LogP contribution is 1.97. The first-order chi connectivity index (χ1) is 7.56. The predicted octanol–water partition coefficient (Wildman–Crippen LogP) is 0.101. The van der Waals surface area contributed by atoms with Crippen molar-refractivity contribution in [2.24, 2.45) is 7.05 Å². The van der Waals surface area contributed by atoms with Crippen LogP contribution in [0.5, 0.6) is 0 Å². The zero-order chi connectivity index (χ0) is 12.1. The molecule has 0 fully saturated rings. The maximum absolute atomic E-state index is 11.7. The van der Waals surface area contributed by atoms with Crippen molar-refractivity contribution in [2.45, 2.75) is 19.9 Å². The van der Waals surface area contributed by atoms with Gasteiger partial charge in [-0.25, -0.2) is 4.79 Å². The third kappa shape index (κ3) is 2.82. The summed E-state index contributed by atoms with van der Waals surface area (Å²) in [4.78, 5) is 22.9. The van der Waals surface area contributed by atoms with Gasteiger partial charge in [0.25, 0.3) is 5.91 Å². The summed E-state index contributed by atoms with van der Waals surface area (Å²) < 4.78 is 6.21. The van der Waals surface area contributed by atoms with Crippen molar-refractivity contribution in [1.82, 2.24) is 15.1 Å². The number of nitrogens with zero attached hydrogens (tertiary/aromatic N) is 2. The van der Waals surface area contributed by atoms with Crippen molar-refractivity contribution >= 4 is 11.9 Å². The highest BCUT2D eigenvalue weighted by atomic mass is 16.5. The Morgan fingerprint density at radius 3 is 2.81 bits per heavy atom. The Morgan fingerprint density at radius 1 is 1.62 bits per heavy atom. The maximum atomic E-state index is 11.7. The van der Waals surface area contributed by atoms with Crippen LogP contribution in [0.25, 0.3) is 0 Å². The van der Waals surface area contributed by atoms with Crippen LogP contribution in [-0.4, -0.2) is 34.3 Å². The molecule has 88 valence electrons. The second kappa shape index (κ2) is 5.29. The number of esters is 1. The summed E-state index contributed by atoms with van der Waals surface area (Å²) in [6.07, 6.45) is 1.52. The van der Waals surface area contributed by atoms with Crippen LogP contribution in [0, 0.1) is 0 Å². The summed E-state index contributed by atoms with van der Waals surface area (Å²) >= 11 is 0. The van der Waals surface area contributed by atoms with Crippen LogP contribution in [0.2, 0.25) is 0 Å². The molecule has 16 heavy (non-hydrogen) atoms. The molecule has 1 aromatic rings. The Labute approximate surface area is 93.6 Å². The molecule has 1 aromatic heterocycles. The molecule has 0 aliphatic carbocycles. The molecule has 1 rings (SSSR count). The number of amides is 1. The highest BCUT2D eigenvalue weighted by Gasteiger charge is 2.18. The lowest BCUT2D eigenvalue weighted by Crippen LogP contribution is -2.40. The van der Waals surface area contributed by atoms with Crippen LogP contribution in [0.3, 0.4) is 0 Å². The van der Waals surface area contributed by atoms with Gasteiger partial charge in [0, 0.05) is 13.2 Å². The lowest BCUT2D eigenvalue weighted by molar-refractivity contribution is -0.144. The van der Waals surface area contributed by atoms with E-state index in [4.69, 9.17) is 4.74 Å². The third-order valence-corrected chi connectivity index (χ3v) is 2.04. The molecule has 0 spiro atoms. The number of hydrogen-bond acceptors (Lipinski definition) is 4. The number of hydrogen-bond donors (Lipinski definition) is 1. The van der Waals surface area contributed by atoms with Crippen molar-refractivity contribution in [1.29, 1.82) is 0 Å². The fourth-order valence-electron chi connectivity index (χ4n) is 1.19. The molecule has 1 heterocycles. The maximum Gasteiger partial charge on any atom is 0.328 e. The molecule has 6 nitrogen and oxygen atoms in total. The number of aryl methyl sites for hydroxylation is 1. The lowest BCUT2D eigenvalue weighted by atomic mass is 10.3. The van der Waals surface area contributed by atoms with Crippen molar-refractivity contribution < 1.29 is 14.3 Å². The Kier molecular flexibility index (Phi) is 4.04. The molecule has 0 aliphatic heterocycles. The Balaban J connectivity index is 2.58. The second-order valence-corrected chi connectivity index (χ2v) is 3.29. The molecule has 0 aromatic carbocycles. The van der Waals surface area contributed by atoms with Crippen LogP contribution in [-0.2, 0) is 16.6 Å². The van der Waals surface area contributed by atoms with Crippen LogP contribution >= 0.6 is 0 Å². The summed E-state index contributed by atoms with van der Waals surface area (Å²) in [6, 6.07) is 0.912. The Morgan fingerprint density at radius 2 is 2.31 bits per heavy atom. The monoisotopic (exact) mass is 225 g/mol. The predicted molar refractivity (Wildman–Crippen MR) is 56.8 cm³/mol. The van der Waals surface area contributed by atoms with Gasteiger partial charge >= 0.3 is 5.97 Å². The molecular weight excluding hydrogens is 210 g/mol. The lowest BCUT2D eigenvalue weighted by Gasteiger charge is -2.12. The standard InChI is InChI=1S/C10H15N3O3/c1-4-16-10(15)7(2)12-9(14)8-5-6-11-13(8)3/h5-7H,4H2,1-3H3,(H,12,14). The molecule has 1 amide bonds. The molecule has 0 saturated carbocycles.